The van der Waals surface area contributed by atoms with E-state index in [1.165, 1.54) is 6.92 Å². The highest BCUT2D eigenvalue weighted by Crippen LogP contribution is 2.32. The van der Waals surface area contributed by atoms with Crippen LogP contribution in [0.25, 0.3) is 0 Å². The lowest BCUT2D eigenvalue weighted by molar-refractivity contribution is -0.137. The molecule has 5 nitrogen and oxygen atoms in total. The number of sulfonamides is 1. The molecule has 0 aromatic rings. The first-order valence-electron chi connectivity index (χ1n) is 6.52. The van der Waals surface area contributed by atoms with Crippen LogP contribution in [0.2, 0.25) is 0 Å². The number of nitrogens with zero attached hydrogens (tertiary/aromatic N) is 2. The van der Waals surface area contributed by atoms with Crippen molar-refractivity contribution in [2.45, 2.75) is 31.3 Å². The smallest absolute Gasteiger partial charge is 0.298 e. The normalized spacial score (nSPS) is 31.1. The summed E-state index contributed by atoms with van der Waals surface area (Å²) in [6.45, 7) is 1.91. The molecule has 3 fully saturated rings. The number of Topliss-reactive ketones (excluding diaryl/α,β-unsaturated/α-hetero) is 1. The lowest BCUT2D eigenvalue weighted by Crippen LogP contribution is -2.60. The molecule has 0 spiro atoms. The average Bonchev–Trinajstić information content (AvgIpc) is 2.37. The van der Waals surface area contributed by atoms with Gasteiger partial charge in [-0.1, -0.05) is 6.92 Å². The van der Waals surface area contributed by atoms with Crippen LogP contribution in [0.4, 0.5) is 13.2 Å². The van der Waals surface area contributed by atoms with E-state index < -0.39 is 28.1 Å². The minimum absolute atomic E-state index is 0.127. The molecule has 0 radical (unpaired) electrons. The Morgan fingerprint density at radius 2 is 1.85 bits per heavy atom. The molecule has 0 saturated carbocycles. The first kappa shape index (κ1) is 15.7. The van der Waals surface area contributed by atoms with E-state index in [0.29, 0.717) is 30.2 Å². The molecule has 3 aliphatic rings. The minimum atomic E-state index is -5.37. The minimum Gasteiger partial charge on any atom is -0.298 e. The number of fused-ring (bicyclic) bond motifs is 3. The second-order valence-electron chi connectivity index (χ2n) is 5.13. The molecule has 0 amide bonds. The van der Waals surface area contributed by atoms with Gasteiger partial charge in [-0.25, -0.2) is 8.42 Å². The van der Waals surface area contributed by atoms with Crippen LogP contribution >= 0.6 is 0 Å². The molecular weight excluding hydrogens is 297 g/mol. The molecule has 3 heterocycles. The number of hydrogen-bond donors (Lipinski definition) is 0. The average molecular weight is 314 g/mol. The summed E-state index contributed by atoms with van der Waals surface area (Å²) in [6.07, 6.45) is 1.43. The van der Waals surface area contributed by atoms with Crippen molar-refractivity contribution >= 4 is 15.8 Å². The van der Waals surface area contributed by atoms with E-state index in [1.807, 2.05) is 0 Å². The summed E-state index contributed by atoms with van der Waals surface area (Å²) in [7, 11) is -5.37. The van der Waals surface area contributed by atoms with Gasteiger partial charge in [0, 0.05) is 19.0 Å². The van der Waals surface area contributed by atoms with Gasteiger partial charge >= 0.3 is 15.5 Å². The molecule has 116 valence electrons. The summed E-state index contributed by atoms with van der Waals surface area (Å²) in [5, 5.41) is 0. The largest absolute Gasteiger partial charge is 0.511 e. The van der Waals surface area contributed by atoms with Crippen LogP contribution in [-0.4, -0.2) is 61.1 Å². The molecule has 0 aliphatic carbocycles. The van der Waals surface area contributed by atoms with Gasteiger partial charge in [0.2, 0.25) is 0 Å². The standard InChI is InChI=1S/C11H17F3N2O3S/c1-2-16(20(18,19)11(12,13)14)7-9-10(17)8-3-5-15(9)6-4-8/h8-9H,2-7H2,1H3. The second-order valence-corrected chi connectivity index (χ2v) is 7.06. The maximum absolute atomic E-state index is 12.6. The highest BCUT2D eigenvalue weighted by Gasteiger charge is 2.51. The number of rotatable bonds is 4. The molecule has 0 aromatic carbocycles. The van der Waals surface area contributed by atoms with Gasteiger partial charge in [-0.3, -0.25) is 9.69 Å². The third-order valence-electron chi connectivity index (χ3n) is 4.06. The number of ketones is 1. The molecule has 2 bridgehead atoms. The highest BCUT2D eigenvalue weighted by atomic mass is 32.2. The zero-order valence-corrected chi connectivity index (χ0v) is 11.9. The summed E-state index contributed by atoms with van der Waals surface area (Å²) in [5.41, 5.74) is -5.32. The second kappa shape index (κ2) is 5.27. The van der Waals surface area contributed by atoms with Gasteiger partial charge < -0.3 is 0 Å². The molecule has 3 rings (SSSR count). The Morgan fingerprint density at radius 3 is 2.25 bits per heavy atom. The fourth-order valence-electron chi connectivity index (χ4n) is 2.89. The van der Waals surface area contributed by atoms with Gasteiger partial charge in [0.25, 0.3) is 0 Å². The zero-order chi connectivity index (χ0) is 15.1. The number of likely N-dealkylation sites (N-methyl/N-ethyl adjacent to an activating group) is 1. The summed E-state index contributed by atoms with van der Waals surface area (Å²) >= 11 is 0. The Kier molecular flexibility index (Phi) is 4.14. The van der Waals surface area contributed by atoms with Crippen molar-refractivity contribution in [2.75, 3.05) is 26.2 Å². The van der Waals surface area contributed by atoms with Gasteiger partial charge in [-0.2, -0.15) is 17.5 Å². The van der Waals surface area contributed by atoms with E-state index in [2.05, 4.69) is 0 Å². The predicted molar refractivity (Wildman–Crippen MR) is 65.3 cm³/mol. The molecule has 3 saturated heterocycles. The zero-order valence-electron chi connectivity index (χ0n) is 11.1. The first-order valence-corrected chi connectivity index (χ1v) is 7.96. The van der Waals surface area contributed by atoms with Crippen LogP contribution in [0.3, 0.4) is 0 Å². The summed E-state index contributed by atoms with van der Waals surface area (Å²) in [4.78, 5) is 13.9. The van der Waals surface area contributed by atoms with Crippen LogP contribution in [0.5, 0.6) is 0 Å². The van der Waals surface area contributed by atoms with E-state index >= 15 is 0 Å². The van der Waals surface area contributed by atoms with Crippen molar-refractivity contribution in [3.63, 3.8) is 0 Å². The molecule has 9 heteroatoms. The molecule has 0 aromatic heterocycles. The van der Waals surface area contributed by atoms with Crippen LogP contribution in [-0.2, 0) is 14.8 Å². The molecule has 1 atom stereocenters. The number of carbonyl (C=O) groups excluding carboxylic acids is 1. The fourth-order valence-corrected chi connectivity index (χ4v) is 3.86. The Hall–Kier alpha value is -0.670. The Labute approximate surface area is 115 Å². The maximum atomic E-state index is 12.6. The first-order chi connectivity index (χ1) is 9.18. The summed E-state index contributed by atoms with van der Waals surface area (Å²) < 4.78 is 61.0. The van der Waals surface area contributed by atoms with Crippen LogP contribution in [0.15, 0.2) is 0 Å². The van der Waals surface area contributed by atoms with Crippen LogP contribution in [0.1, 0.15) is 19.8 Å². The molecular formula is C11H17F3N2O3S. The van der Waals surface area contributed by atoms with Crippen molar-refractivity contribution in [3.8, 4) is 0 Å². The third kappa shape index (κ3) is 2.58. The van der Waals surface area contributed by atoms with Gasteiger partial charge in [0.1, 0.15) is 0 Å². The Bertz CT molecular complexity index is 484. The summed E-state index contributed by atoms with van der Waals surface area (Å²) in [6, 6.07) is -0.737. The predicted octanol–water partition coefficient (Wildman–Crippen LogP) is 0.821. The van der Waals surface area contributed by atoms with E-state index in [-0.39, 0.29) is 18.2 Å². The number of hydrogen-bond acceptors (Lipinski definition) is 4. The van der Waals surface area contributed by atoms with Crippen LogP contribution < -0.4 is 0 Å². The van der Waals surface area contributed by atoms with Crippen LogP contribution in [0, 0.1) is 5.92 Å². The summed E-state index contributed by atoms with van der Waals surface area (Å²) in [5.74, 6) is -0.254. The molecule has 20 heavy (non-hydrogen) atoms. The molecule has 0 N–H and O–H groups in total. The topological polar surface area (TPSA) is 57.7 Å². The lowest BCUT2D eigenvalue weighted by Gasteiger charge is -2.45. The van der Waals surface area contributed by atoms with E-state index in [1.54, 1.807) is 4.90 Å². The highest BCUT2D eigenvalue weighted by molar-refractivity contribution is 7.90. The number of piperidine rings is 3. The van der Waals surface area contributed by atoms with Crippen molar-refractivity contribution in [1.82, 2.24) is 9.21 Å². The number of carbonyl (C=O) groups is 1. The SMILES string of the molecule is CCN(CC1C(=O)C2CCN1CC2)S(=O)(=O)C(F)(F)F. The van der Waals surface area contributed by atoms with E-state index in [4.69, 9.17) is 0 Å². The van der Waals surface area contributed by atoms with Crippen molar-refractivity contribution in [1.29, 1.82) is 0 Å². The van der Waals surface area contributed by atoms with Crippen molar-refractivity contribution < 1.29 is 26.4 Å². The fraction of sp³-hybridized carbons (Fsp3) is 0.909. The van der Waals surface area contributed by atoms with Gasteiger partial charge in [-0.15, -0.1) is 0 Å². The van der Waals surface area contributed by atoms with Gasteiger partial charge in [0.05, 0.1) is 6.04 Å². The maximum Gasteiger partial charge on any atom is 0.511 e. The number of halogens is 3. The van der Waals surface area contributed by atoms with Crippen molar-refractivity contribution in [2.24, 2.45) is 5.92 Å². The number of alkyl halides is 3. The van der Waals surface area contributed by atoms with Crippen molar-refractivity contribution in [3.05, 3.63) is 0 Å². The quantitative estimate of drug-likeness (QED) is 0.771. The van der Waals surface area contributed by atoms with Gasteiger partial charge in [-0.05, 0) is 25.9 Å². The monoisotopic (exact) mass is 314 g/mol. The van der Waals surface area contributed by atoms with Gasteiger partial charge in [0.15, 0.2) is 5.78 Å². The Morgan fingerprint density at radius 1 is 1.30 bits per heavy atom. The Balaban J connectivity index is 2.17. The van der Waals surface area contributed by atoms with E-state index in [9.17, 15) is 26.4 Å². The molecule has 3 aliphatic heterocycles. The van der Waals surface area contributed by atoms with E-state index in [0.717, 1.165) is 0 Å². The third-order valence-corrected chi connectivity index (χ3v) is 5.73. The molecule has 1 unspecified atom stereocenters. The lowest BCUT2D eigenvalue weighted by atomic mass is 9.82.